The van der Waals surface area contributed by atoms with Crippen LogP contribution in [0.2, 0.25) is 0 Å². The summed E-state index contributed by atoms with van der Waals surface area (Å²) in [6.07, 6.45) is 2.13. The Bertz CT molecular complexity index is 1050. The smallest absolute Gasteiger partial charge is 0.326 e. The molecule has 0 aromatic heterocycles. The number of hydrogen-bond acceptors (Lipinski definition) is 4. The molecule has 168 valence electrons. The quantitative estimate of drug-likeness (QED) is 0.371. The number of phenols is 1. The van der Waals surface area contributed by atoms with Crippen molar-refractivity contribution in [2.45, 2.75) is 46.6 Å². The van der Waals surface area contributed by atoms with E-state index in [0.717, 1.165) is 23.2 Å². The summed E-state index contributed by atoms with van der Waals surface area (Å²) >= 11 is 0. The number of hydrogen-bond donors (Lipinski definition) is 4. The molecule has 0 bridgehead atoms. The molecule has 0 saturated carbocycles. The van der Waals surface area contributed by atoms with Crippen molar-refractivity contribution in [1.29, 1.82) is 0 Å². The average molecular weight is 433 g/mol. The second-order valence-electron chi connectivity index (χ2n) is 7.80. The zero-order chi connectivity index (χ0) is 23.3. The Labute approximate surface area is 189 Å². The molecule has 32 heavy (non-hydrogen) atoms. The van der Waals surface area contributed by atoms with Crippen molar-refractivity contribution in [3.63, 3.8) is 0 Å². The SMILES string of the molecule is CCc1ccc(N(Cc2ccc(N)cc2)C(=O)Nc2c(CC)c(N)cc(O)c2CC)cc1. The van der Waals surface area contributed by atoms with E-state index in [1.54, 1.807) is 11.0 Å². The van der Waals surface area contributed by atoms with Crippen molar-refractivity contribution < 1.29 is 9.90 Å². The van der Waals surface area contributed by atoms with Gasteiger partial charge in [-0.15, -0.1) is 0 Å². The second-order valence-corrected chi connectivity index (χ2v) is 7.80. The first-order valence-electron chi connectivity index (χ1n) is 11.0. The summed E-state index contributed by atoms with van der Waals surface area (Å²) in [5.41, 5.74) is 18.1. The largest absolute Gasteiger partial charge is 0.508 e. The van der Waals surface area contributed by atoms with Gasteiger partial charge >= 0.3 is 6.03 Å². The lowest BCUT2D eigenvalue weighted by Gasteiger charge is -2.26. The molecule has 0 aliphatic rings. The van der Waals surface area contributed by atoms with E-state index in [1.165, 1.54) is 5.56 Å². The van der Waals surface area contributed by atoms with Crippen LogP contribution in [0.4, 0.5) is 27.5 Å². The van der Waals surface area contributed by atoms with Gasteiger partial charge in [0, 0.05) is 28.7 Å². The number of carbonyl (C=O) groups is 1. The second kappa shape index (κ2) is 10.1. The number of urea groups is 1. The predicted octanol–water partition coefficient (Wildman–Crippen LogP) is 5.48. The van der Waals surface area contributed by atoms with Gasteiger partial charge in [0.25, 0.3) is 0 Å². The Balaban J connectivity index is 2.01. The van der Waals surface area contributed by atoms with Crippen molar-refractivity contribution in [3.8, 4) is 5.75 Å². The van der Waals surface area contributed by atoms with E-state index < -0.39 is 0 Å². The third-order valence-corrected chi connectivity index (χ3v) is 5.71. The summed E-state index contributed by atoms with van der Waals surface area (Å²) in [7, 11) is 0. The first-order valence-corrected chi connectivity index (χ1v) is 11.0. The van der Waals surface area contributed by atoms with Crippen LogP contribution in [-0.2, 0) is 25.8 Å². The number of anilines is 4. The van der Waals surface area contributed by atoms with E-state index in [4.69, 9.17) is 11.5 Å². The van der Waals surface area contributed by atoms with Crippen LogP contribution < -0.4 is 21.7 Å². The lowest BCUT2D eigenvalue weighted by molar-refractivity contribution is 0.256. The van der Waals surface area contributed by atoms with Crippen molar-refractivity contribution in [2.24, 2.45) is 0 Å². The summed E-state index contributed by atoms with van der Waals surface area (Å²) < 4.78 is 0. The maximum atomic E-state index is 13.6. The van der Waals surface area contributed by atoms with Gasteiger partial charge in [-0.1, -0.05) is 45.0 Å². The molecule has 3 aromatic carbocycles. The number of rotatable bonds is 7. The van der Waals surface area contributed by atoms with Crippen molar-refractivity contribution in [3.05, 3.63) is 76.9 Å². The number of nitrogens with one attached hydrogen (secondary N) is 1. The molecule has 6 N–H and O–H groups in total. The Morgan fingerprint density at radius 1 is 0.875 bits per heavy atom. The summed E-state index contributed by atoms with van der Waals surface area (Å²) in [6, 6.07) is 16.7. The predicted molar refractivity (Wildman–Crippen MR) is 133 cm³/mol. The number of benzene rings is 3. The molecule has 6 heteroatoms. The molecule has 6 nitrogen and oxygen atoms in total. The van der Waals surface area contributed by atoms with Gasteiger partial charge in [-0.2, -0.15) is 0 Å². The van der Waals surface area contributed by atoms with Gasteiger partial charge in [0.1, 0.15) is 5.75 Å². The van der Waals surface area contributed by atoms with E-state index in [1.807, 2.05) is 62.4 Å². The highest BCUT2D eigenvalue weighted by Gasteiger charge is 2.21. The number of carbonyl (C=O) groups excluding carboxylic acids is 1. The minimum Gasteiger partial charge on any atom is -0.508 e. The average Bonchev–Trinajstić information content (AvgIpc) is 2.79. The van der Waals surface area contributed by atoms with Crippen LogP contribution in [0.5, 0.6) is 5.75 Å². The summed E-state index contributed by atoms with van der Waals surface area (Å²) in [5, 5.41) is 13.5. The fraction of sp³-hybridized carbons (Fsp3) is 0.269. The molecule has 0 spiro atoms. The number of phenolic OH excluding ortho intramolecular Hbond substituents is 1. The molecular formula is C26H32N4O2. The van der Waals surface area contributed by atoms with Gasteiger partial charge in [-0.25, -0.2) is 4.79 Å². The normalized spacial score (nSPS) is 10.7. The zero-order valence-electron chi connectivity index (χ0n) is 19.0. The lowest BCUT2D eigenvalue weighted by atomic mass is 10.00. The number of nitrogens with two attached hydrogens (primary N) is 2. The molecule has 2 amide bonds. The van der Waals surface area contributed by atoms with E-state index in [9.17, 15) is 9.90 Å². The Morgan fingerprint density at radius 2 is 1.47 bits per heavy atom. The molecular weight excluding hydrogens is 400 g/mol. The minimum atomic E-state index is -0.291. The lowest BCUT2D eigenvalue weighted by Crippen LogP contribution is -2.35. The molecule has 0 unspecified atom stereocenters. The fourth-order valence-corrected chi connectivity index (χ4v) is 3.84. The van der Waals surface area contributed by atoms with Crippen LogP contribution in [0.3, 0.4) is 0 Å². The van der Waals surface area contributed by atoms with Crippen LogP contribution in [0.15, 0.2) is 54.6 Å². The highest BCUT2D eigenvalue weighted by molar-refractivity contribution is 6.03. The van der Waals surface area contributed by atoms with Crippen LogP contribution in [0.1, 0.15) is 43.0 Å². The molecule has 3 aromatic rings. The maximum Gasteiger partial charge on any atom is 0.326 e. The van der Waals surface area contributed by atoms with Crippen LogP contribution in [0, 0.1) is 0 Å². The topological polar surface area (TPSA) is 105 Å². The van der Waals surface area contributed by atoms with Gasteiger partial charge in [0.05, 0.1) is 12.2 Å². The standard InChI is InChI=1S/C26H32N4O2/c1-4-17-9-13-20(14-10-17)30(16-18-7-11-19(27)12-8-18)26(32)29-25-21(5-2)23(28)15-24(31)22(25)6-3/h7-15,31H,4-6,16,27-28H2,1-3H3,(H,29,32). The van der Waals surface area contributed by atoms with Crippen LogP contribution >= 0.6 is 0 Å². The monoisotopic (exact) mass is 432 g/mol. The Hall–Kier alpha value is -3.67. The zero-order valence-corrected chi connectivity index (χ0v) is 19.0. The molecule has 0 aliphatic heterocycles. The molecule has 3 rings (SSSR count). The molecule has 0 fully saturated rings. The van der Waals surface area contributed by atoms with Gasteiger partial charge < -0.3 is 21.9 Å². The Kier molecular flexibility index (Phi) is 7.25. The van der Waals surface area contributed by atoms with E-state index >= 15 is 0 Å². The highest BCUT2D eigenvalue weighted by atomic mass is 16.3. The molecule has 0 heterocycles. The summed E-state index contributed by atoms with van der Waals surface area (Å²) in [4.78, 5) is 15.3. The van der Waals surface area contributed by atoms with Crippen molar-refractivity contribution >= 4 is 28.8 Å². The van der Waals surface area contributed by atoms with Gasteiger partial charge in [0.15, 0.2) is 0 Å². The van der Waals surface area contributed by atoms with Crippen molar-refractivity contribution in [1.82, 2.24) is 0 Å². The Morgan fingerprint density at radius 3 is 2.03 bits per heavy atom. The first-order chi connectivity index (χ1) is 15.4. The summed E-state index contributed by atoms with van der Waals surface area (Å²) in [6.45, 7) is 6.39. The number of amides is 2. The number of nitrogen functional groups attached to an aromatic ring is 2. The molecule has 0 atom stereocenters. The molecule has 0 radical (unpaired) electrons. The van der Waals surface area contributed by atoms with Crippen LogP contribution in [0.25, 0.3) is 0 Å². The van der Waals surface area contributed by atoms with E-state index in [-0.39, 0.29) is 11.8 Å². The number of nitrogens with zero attached hydrogens (tertiary/aromatic N) is 1. The molecule has 0 aliphatic carbocycles. The summed E-state index contributed by atoms with van der Waals surface area (Å²) in [5.74, 6) is 0.0925. The minimum absolute atomic E-state index is 0.0925. The molecule has 0 saturated heterocycles. The van der Waals surface area contributed by atoms with Gasteiger partial charge in [-0.3, -0.25) is 4.90 Å². The first kappa shape index (κ1) is 23.0. The van der Waals surface area contributed by atoms with E-state index in [2.05, 4.69) is 12.2 Å². The van der Waals surface area contributed by atoms with Gasteiger partial charge in [0.2, 0.25) is 0 Å². The highest BCUT2D eigenvalue weighted by Crippen LogP contribution is 2.35. The van der Waals surface area contributed by atoms with E-state index in [0.29, 0.717) is 42.0 Å². The third-order valence-electron chi connectivity index (χ3n) is 5.71. The number of aryl methyl sites for hydroxylation is 1. The van der Waals surface area contributed by atoms with Crippen molar-refractivity contribution in [2.75, 3.05) is 21.7 Å². The number of aromatic hydroxyl groups is 1. The van der Waals surface area contributed by atoms with Gasteiger partial charge in [-0.05, 0) is 60.2 Å². The maximum absolute atomic E-state index is 13.6. The fourth-order valence-electron chi connectivity index (χ4n) is 3.84. The third kappa shape index (κ3) is 4.97. The van der Waals surface area contributed by atoms with Crippen LogP contribution in [-0.4, -0.2) is 11.1 Å².